The van der Waals surface area contributed by atoms with Gasteiger partial charge in [0.05, 0.1) is 11.9 Å². The average Bonchev–Trinajstić information content (AvgIpc) is 3.10. The first kappa shape index (κ1) is 19.3. The van der Waals surface area contributed by atoms with Crippen LogP contribution in [0.25, 0.3) is 22.6 Å². The molecule has 9 heteroatoms. The van der Waals surface area contributed by atoms with Gasteiger partial charge in [-0.2, -0.15) is 5.10 Å². The maximum Gasteiger partial charge on any atom is 0.184 e. The summed E-state index contributed by atoms with van der Waals surface area (Å²) in [7, 11) is 0. The van der Waals surface area contributed by atoms with Crippen molar-refractivity contribution in [1.29, 1.82) is 0 Å². The van der Waals surface area contributed by atoms with E-state index in [1.807, 2.05) is 13.0 Å². The van der Waals surface area contributed by atoms with E-state index in [0.717, 1.165) is 5.70 Å². The summed E-state index contributed by atoms with van der Waals surface area (Å²) in [6.45, 7) is 6.06. The number of nitrogens with one attached hydrogen (secondary N) is 1. The van der Waals surface area contributed by atoms with Crippen LogP contribution in [0.1, 0.15) is 18.9 Å². The van der Waals surface area contributed by atoms with Crippen LogP contribution in [0.5, 0.6) is 0 Å². The molecular weight excluding hydrogens is 383 g/mol. The maximum absolute atomic E-state index is 14.2. The smallest absolute Gasteiger partial charge is 0.184 e. The van der Waals surface area contributed by atoms with Crippen LogP contribution in [0, 0.1) is 5.82 Å². The van der Waals surface area contributed by atoms with E-state index in [9.17, 15) is 4.39 Å². The standard InChI is InChI=1S/C21H21FN8/c1-3-12(2)26-17-18(23)27-20(28-19(17)24)16-14-8-6-10-25-21(14)30(29-16)11-13-7-4-5-9-15(13)22/h4-10,26H,2-3,11H2,1H3,(H4,23,24,27,28). The number of anilines is 3. The molecule has 0 amide bonds. The molecule has 0 atom stereocenters. The van der Waals surface area contributed by atoms with Gasteiger partial charge in [-0.05, 0) is 24.6 Å². The molecular formula is C21H21FN8. The van der Waals surface area contributed by atoms with Crippen LogP contribution < -0.4 is 16.8 Å². The molecule has 0 unspecified atom stereocenters. The summed E-state index contributed by atoms with van der Waals surface area (Å²) < 4.78 is 15.8. The SMILES string of the molecule is C=C(CC)Nc1c(N)nc(-c2nn(Cc3ccccc3F)c3ncccc23)nc1N. The second-order valence-electron chi connectivity index (χ2n) is 6.75. The third-order valence-electron chi connectivity index (χ3n) is 4.69. The van der Waals surface area contributed by atoms with Gasteiger partial charge in [0.15, 0.2) is 23.1 Å². The lowest BCUT2D eigenvalue weighted by Gasteiger charge is -2.12. The number of benzene rings is 1. The van der Waals surface area contributed by atoms with Crippen molar-refractivity contribution in [3.8, 4) is 11.5 Å². The Morgan fingerprint density at radius 1 is 1.13 bits per heavy atom. The number of halogens is 1. The number of pyridine rings is 1. The van der Waals surface area contributed by atoms with Crippen molar-refractivity contribution >= 4 is 28.4 Å². The van der Waals surface area contributed by atoms with E-state index < -0.39 is 0 Å². The molecule has 0 fully saturated rings. The molecule has 1 aromatic carbocycles. The van der Waals surface area contributed by atoms with E-state index >= 15 is 0 Å². The van der Waals surface area contributed by atoms with E-state index in [4.69, 9.17) is 11.5 Å². The highest BCUT2D eigenvalue weighted by Crippen LogP contribution is 2.31. The summed E-state index contributed by atoms with van der Waals surface area (Å²) in [4.78, 5) is 13.2. The Bertz CT molecular complexity index is 1220. The largest absolute Gasteiger partial charge is 0.382 e. The van der Waals surface area contributed by atoms with E-state index in [0.29, 0.717) is 34.4 Å². The lowest BCUT2D eigenvalue weighted by Crippen LogP contribution is -2.09. The summed E-state index contributed by atoms with van der Waals surface area (Å²) in [6.07, 6.45) is 2.36. The van der Waals surface area contributed by atoms with Crippen molar-refractivity contribution in [2.24, 2.45) is 0 Å². The Morgan fingerprint density at radius 3 is 2.57 bits per heavy atom. The van der Waals surface area contributed by atoms with Crippen molar-refractivity contribution < 1.29 is 4.39 Å². The number of rotatable bonds is 6. The zero-order chi connectivity index (χ0) is 21.3. The number of fused-ring (bicyclic) bond motifs is 1. The molecule has 3 heterocycles. The molecule has 0 aliphatic carbocycles. The molecule has 0 bridgehead atoms. The van der Waals surface area contributed by atoms with E-state index in [1.165, 1.54) is 6.07 Å². The molecule has 4 aromatic rings. The van der Waals surface area contributed by atoms with Crippen LogP contribution in [-0.4, -0.2) is 24.7 Å². The number of aromatic nitrogens is 5. The number of nitrogens with zero attached hydrogens (tertiary/aromatic N) is 5. The first-order valence-electron chi connectivity index (χ1n) is 9.41. The van der Waals surface area contributed by atoms with Gasteiger partial charge < -0.3 is 16.8 Å². The summed E-state index contributed by atoms with van der Waals surface area (Å²) in [6, 6.07) is 10.2. The van der Waals surface area contributed by atoms with Crippen molar-refractivity contribution in [1.82, 2.24) is 24.7 Å². The number of allylic oxidation sites excluding steroid dienone is 1. The zero-order valence-electron chi connectivity index (χ0n) is 16.4. The van der Waals surface area contributed by atoms with Gasteiger partial charge in [0.2, 0.25) is 0 Å². The predicted octanol–water partition coefficient (Wildman–Crippen LogP) is 3.58. The molecule has 3 aromatic heterocycles. The van der Waals surface area contributed by atoms with Gasteiger partial charge in [0.25, 0.3) is 0 Å². The molecule has 5 N–H and O–H groups in total. The Kier molecular flexibility index (Phi) is 5.01. The van der Waals surface area contributed by atoms with Gasteiger partial charge in [0, 0.05) is 17.5 Å². The second-order valence-corrected chi connectivity index (χ2v) is 6.75. The van der Waals surface area contributed by atoms with Crippen LogP contribution in [-0.2, 0) is 6.54 Å². The van der Waals surface area contributed by atoms with Crippen molar-refractivity contribution in [2.75, 3.05) is 16.8 Å². The van der Waals surface area contributed by atoms with Crippen LogP contribution in [0.2, 0.25) is 0 Å². The normalized spacial score (nSPS) is 11.0. The highest BCUT2D eigenvalue weighted by molar-refractivity contribution is 5.90. The van der Waals surface area contributed by atoms with Crippen molar-refractivity contribution in [3.63, 3.8) is 0 Å². The van der Waals surface area contributed by atoms with Gasteiger partial charge >= 0.3 is 0 Å². The minimum atomic E-state index is -0.310. The van der Waals surface area contributed by atoms with Crippen LogP contribution >= 0.6 is 0 Å². The van der Waals surface area contributed by atoms with Gasteiger partial charge in [-0.3, -0.25) is 0 Å². The van der Waals surface area contributed by atoms with Gasteiger partial charge in [-0.15, -0.1) is 0 Å². The third kappa shape index (κ3) is 3.52. The molecule has 30 heavy (non-hydrogen) atoms. The zero-order valence-corrected chi connectivity index (χ0v) is 16.4. The highest BCUT2D eigenvalue weighted by Gasteiger charge is 2.19. The molecule has 0 saturated heterocycles. The Hall–Kier alpha value is -4.01. The molecule has 4 rings (SSSR count). The average molecular weight is 404 g/mol. The Morgan fingerprint density at radius 2 is 1.87 bits per heavy atom. The number of hydrogen-bond acceptors (Lipinski definition) is 7. The van der Waals surface area contributed by atoms with Crippen molar-refractivity contribution in [3.05, 3.63) is 66.3 Å². The van der Waals surface area contributed by atoms with Crippen LogP contribution in [0.4, 0.5) is 21.7 Å². The number of nitrogen functional groups attached to an aromatic ring is 2. The van der Waals surface area contributed by atoms with Gasteiger partial charge in [-0.25, -0.2) is 24.0 Å². The maximum atomic E-state index is 14.2. The second kappa shape index (κ2) is 7.78. The molecule has 0 aliphatic heterocycles. The van der Waals surface area contributed by atoms with E-state index in [1.54, 1.807) is 35.1 Å². The van der Waals surface area contributed by atoms with E-state index in [-0.39, 0.29) is 29.8 Å². The molecule has 0 spiro atoms. The number of hydrogen-bond donors (Lipinski definition) is 3. The fourth-order valence-electron chi connectivity index (χ4n) is 3.07. The minimum Gasteiger partial charge on any atom is -0.382 e. The summed E-state index contributed by atoms with van der Waals surface area (Å²) >= 11 is 0. The fourth-order valence-corrected chi connectivity index (χ4v) is 3.07. The third-order valence-corrected chi connectivity index (χ3v) is 4.69. The first-order chi connectivity index (χ1) is 14.5. The predicted molar refractivity (Wildman–Crippen MR) is 116 cm³/mol. The van der Waals surface area contributed by atoms with Crippen molar-refractivity contribution in [2.45, 2.75) is 19.9 Å². The lowest BCUT2D eigenvalue weighted by atomic mass is 10.2. The first-order valence-corrected chi connectivity index (χ1v) is 9.41. The molecule has 152 valence electrons. The summed E-state index contributed by atoms with van der Waals surface area (Å²) in [5.74, 6) is 0.332. The Balaban J connectivity index is 1.80. The highest BCUT2D eigenvalue weighted by atomic mass is 19.1. The minimum absolute atomic E-state index is 0.188. The molecule has 0 radical (unpaired) electrons. The molecule has 0 aliphatic rings. The fraction of sp³-hybridized carbons (Fsp3) is 0.143. The molecule has 8 nitrogen and oxygen atoms in total. The number of nitrogens with two attached hydrogens (primary N) is 2. The summed E-state index contributed by atoms with van der Waals surface area (Å²) in [5.41, 5.74) is 14.9. The monoisotopic (exact) mass is 404 g/mol. The van der Waals surface area contributed by atoms with Crippen LogP contribution in [0.3, 0.4) is 0 Å². The quantitative estimate of drug-likeness (QED) is 0.449. The lowest BCUT2D eigenvalue weighted by molar-refractivity contribution is 0.589. The van der Waals surface area contributed by atoms with Crippen LogP contribution in [0.15, 0.2) is 54.9 Å². The molecule has 0 saturated carbocycles. The topological polar surface area (TPSA) is 121 Å². The summed E-state index contributed by atoms with van der Waals surface area (Å²) in [5, 5.41) is 8.35. The Labute approximate surface area is 172 Å². The van der Waals surface area contributed by atoms with E-state index in [2.05, 4.69) is 31.9 Å². The van der Waals surface area contributed by atoms with Gasteiger partial charge in [-0.1, -0.05) is 31.7 Å². The van der Waals surface area contributed by atoms with Gasteiger partial charge in [0.1, 0.15) is 17.2 Å².